The summed E-state index contributed by atoms with van der Waals surface area (Å²) >= 11 is 1.99. The highest BCUT2D eigenvalue weighted by Gasteiger charge is 2.22. The Morgan fingerprint density at radius 2 is 2.13 bits per heavy atom. The van der Waals surface area contributed by atoms with Crippen LogP contribution >= 0.6 is 22.6 Å². The molecular formula is C15H20INO5S. The lowest BCUT2D eigenvalue weighted by Gasteiger charge is -2.22. The Kier molecular flexibility index (Phi) is 6.40. The number of benzene rings is 1. The van der Waals surface area contributed by atoms with Crippen LogP contribution in [0.2, 0.25) is 0 Å². The largest absolute Gasteiger partial charge is 0.459 e. The fourth-order valence-corrected chi connectivity index (χ4v) is 3.70. The van der Waals surface area contributed by atoms with E-state index < -0.39 is 16.0 Å². The van der Waals surface area contributed by atoms with Gasteiger partial charge in [0.15, 0.2) is 0 Å². The van der Waals surface area contributed by atoms with Crippen molar-refractivity contribution in [3.05, 3.63) is 27.3 Å². The summed E-state index contributed by atoms with van der Waals surface area (Å²) in [6.07, 6.45) is 2.90. The van der Waals surface area contributed by atoms with Crippen LogP contribution in [0.5, 0.6) is 0 Å². The minimum absolute atomic E-state index is 0.0703. The van der Waals surface area contributed by atoms with E-state index in [4.69, 9.17) is 9.47 Å². The van der Waals surface area contributed by atoms with E-state index in [-0.39, 0.29) is 23.2 Å². The average molecular weight is 453 g/mol. The lowest BCUT2D eigenvalue weighted by Crippen LogP contribution is -2.26. The second kappa shape index (κ2) is 7.91. The third-order valence-electron chi connectivity index (χ3n) is 3.61. The molecule has 2 rings (SSSR count). The van der Waals surface area contributed by atoms with Crippen molar-refractivity contribution in [1.29, 1.82) is 0 Å². The zero-order valence-electron chi connectivity index (χ0n) is 13.1. The van der Waals surface area contributed by atoms with E-state index in [2.05, 4.69) is 0 Å². The molecule has 1 aromatic rings. The first-order chi connectivity index (χ1) is 10.8. The molecule has 6 nitrogen and oxygen atoms in total. The van der Waals surface area contributed by atoms with Crippen LogP contribution in [0.4, 0.5) is 0 Å². The van der Waals surface area contributed by atoms with Gasteiger partial charge in [-0.05, 0) is 60.1 Å². The Balaban J connectivity index is 2.13. The zero-order valence-corrected chi connectivity index (χ0v) is 16.1. The maximum absolute atomic E-state index is 12.3. The van der Waals surface area contributed by atoms with Gasteiger partial charge in [0.2, 0.25) is 10.0 Å². The molecule has 1 aromatic carbocycles. The van der Waals surface area contributed by atoms with Crippen molar-refractivity contribution in [3.8, 4) is 0 Å². The first-order valence-corrected chi connectivity index (χ1v) is 9.85. The summed E-state index contributed by atoms with van der Waals surface area (Å²) in [4.78, 5) is 12.3. The highest BCUT2D eigenvalue weighted by Crippen LogP contribution is 2.21. The predicted molar refractivity (Wildman–Crippen MR) is 93.9 cm³/mol. The number of hydrogen-bond acceptors (Lipinski definition) is 5. The van der Waals surface area contributed by atoms with Crippen molar-refractivity contribution < 1.29 is 22.7 Å². The van der Waals surface area contributed by atoms with Crippen LogP contribution in [0, 0.1) is 3.57 Å². The molecule has 0 saturated carbocycles. The van der Waals surface area contributed by atoms with Gasteiger partial charge in [0.1, 0.15) is 6.61 Å². The lowest BCUT2D eigenvalue weighted by molar-refractivity contribution is -0.0300. The number of carbonyl (C=O) groups excluding carboxylic acids is 1. The Labute approximate surface area is 150 Å². The molecule has 1 aliphatic rings. The van der Waals surface area contributed by atoms with E-state index in [1.54, 1.807) is 6.07 Å². The number of ether oxygens (including phenoxy) is 2. The van der Waals surface area contributed by atoms with Gasteiger partial charge in [0, 0.05) is 24.3 Å². The van der Waals surface area contributed by atoms with Gasteiger partial charge < -0.3 is 9.47 Å². The van der Waals surface area contributed by atoms with Crippen molar-refractivity contribution in [3.63, 3.8) is 0 Å². The molecule has 0 spiro atoms. The van der Waals surface area contributed by atoms with Gasteiger partial charge in [-0.15, -0.1) is 0 Å². The fraction of sp³-hybridized carbons (Fsp3) is 0.533. The topological polar surface area (TPSA) is 72.9 Å². The SMILES string of the molecule is CN(C)S(=O)(=O)c1ccc(I)c(C(=O)OCC2CCCCO2)c1. The second-order valence-corrected chi connectivity index (χ2v) is 8.83. The fourth-order valence-electron chi connectivity index (χ4n) is 2.22. The highest BCUT2D eigenvalue weighted by molar-refractivity contribution is 14.1. The number of sulfonamides is 1. The van der Waals surface area contributed by atoms with Crippen LogP contribution in [0.15, 0.2) is 23.1 Å². The number of carbonyl (C=O) groups is 1. The molecule has 1 unspecified atom stereocenters. The van der Waals surface area contributed by atoms with Gasteiger partial charge in [0.25, 0.3) is 0 Å². The molecule has 1 atom stereocenters. The van der Waals surface area contributed by atoms with Crippen molar-refractivity contribution in [1.82, 2.24) is 4.31 Å². The molecule has 0 N–H and O–H groups in total. The van der Waals surface area contributed by atoms with Crippen LogP contribution in [0.25, 0.3) is 0 Å². The number of nitrogens with zero attached hydrogens (tertiary/aromatic N) is 1. The summed E-state index contributed by atoms with van der Waals surface area (Å²) in [6.45, 7) is 0.885. The molecule has 8 heteroatoms. The summed E-state index contributed by atoms with van der Waals surface area (Å²) in [6, 6.07) is 4.45. The first kappa shape index (κ1) is 18.6. The average Bonchev–Trinajstić information content (AvgIpc) is 2.53. The second-order valence-electron chi connectivity index (χ2n) is 5.52. The predicted octanol–water partition coefficient (Wildman–Crippen LogP) is 2.27. The molecule has 0 radical (unpaired) electrons. The normalized spacial score (nSPS) is 18.9. The molecule has 1 saturated heterocycles. The van der Waals surface area contributed by atoms with Crippen molar-refractivity contribution in [2.75, 3.05) is 27.3 Å². The van der Waals surface area contributed by atoms with Crippen molar-refractivity contribution >= 4 is 38.6 Å². The molecule has 1 fully saturated rings. The van der Waals surface area contributed by atoms with E-state index in [0.29, 0.717) is 10.2 Å². The van der Waals surface area contributed by atoms with Crippen LogP contribution in [0.3, 0.4) is 0 Å². The summed E-state index contributed by atoms with van der Waals surface area (Å²) in [5.74, 6) is -0.528. The van der Waals surface area contributed by atoms with Crippen LogP contribution in [-0.4, -0.2) is 52.1 Å². The van der Waals surface area contributed by atoms with Crippen LogP contribution in [0.1, 0.15) is 29.6 Å². The smallest absolute Gasteiger partial charge is 0.339 e. The summed E-state index contributed by atoms with van der Waals surface area (Å²) in [5, 5.41) is 0. The standard InChI is InChI=1S/C15H20INO5S/c1-17(2)23(19,20)12-6-7-14(16)13(9-12)15(18)22-10-11-5-3-4-8-21-11/h6-7,9,11H,3-5,8,10H2,1-2H3. The Morgan fingerprint density at radius 3 is 2.74 bits per heavy atom. The maximum atomic E-state index is 12.3. The zero-order chi connectivity index (χ0) is 17.0. The van der Waals surface area contributed by atoms with Gasteiger partial charge in [-0.2, -0.15) is 0 Å². The third-order valence-corrected chi connectivity index (χ3v) is 6.36. The monoisotopic (exact) mass is 453 g/mol. The van der Waals surface area contributed by atoms with Gasteiger partial charge in [-0.25, -0.2) is 17.5 Å². The van der Waals surface area contributed by atoms with Gasteiger partial charge >= 0.3 is 5.97 Å². The number of rotatable bonds is 5. The Hall–Kier alpha value is -0.710. The first-order valence-electron chi connectivity index (χ1n) is 7.33. The number of halogens is 1. The van der Waals surface area contributed by atoms with E-state index in [1.807, 2.05) is 22.6 Å². The lowest BCUT2D eigenvalue weighted by atomic mass is 10.1. The molecule has 1 aliphatic heterocycles. The van der Waals surface area contributed by atoms with E-state index >= 15 is 0 Å². The molecular weight excluding hydrogens is 433 g/mol. The minimum atomic E-state index is -3.59. The van der Waals surface area contributed by atoms with Gasteiger partial charge in [0.05, 0.1) is 16.6 Å². The summed E-state index contributed by atoms with van der Waals surface area (Å²) < 4.78 is 36.9. The summed E-state index contributed by atoms with van der Waals surface area (Å²) in [5.41, 5.74) is 0.254. The number of esters is 1. The molecule has 1 heterocycles. The van der Waals surface area contributed by atoms with E-state index in [0.717, 1.165) is 23.6 Å². The van der Waals surface area contributed by atoms with E-state index in [1.165, 1.54) is 26.2 Å². The highest BCUT2D eigenvalue weighted by atomic mass is 127. The molecule has 0 bridgehead atoms. The van der Waals surface area contributed by atoms with Crippen molar-refractivity contribution in [2.24, 2.45) is 0 Å². The molecule has 0 aromatic heterocycles. The Bertz CT molecular complexity index is 668. The minimum Gasteiger partial charge on any atom is -0.459 e. The molecule has 128 valence electrons. The Morgan fingerprint density at radius 1 is 1.39 bits per heavy atom. The number of hydrogen-bond donors (Lipinski definition) is 0. The van der Waals surface area contributed by atoms with Crippen molar-refractivity contribution in [2.45, 2.75) is 30.3 Å². The van der Waals surface area contributed by atoms with Gasteiger partial charge in [-0.1, -0.05) is 0 Å². The molecule has 23 heavy (non-hydrogen) atoms. The summed E-state index contributed by atoms with van der Waals surface area (Å²) in [7, 11) is -0.687. The maximum Gasteiger partial charge on any atom is 0.339 e. The third kappa shape index (κ3) is 4.65. The quantitative estimate of drug-likeness (QED) is 0.506. The van der Waals surface area contributed by atoms with Gasteiger partial charge in [-0.3, -0.25) is 0 Å². The van der Waals surface area contributed by atoms with Crippen LogP contribution in [-0.2, 0) is 19.5 Å². The molecule has 0 amide bonds. The van der Waals surface area contributed by atoms with Crippen LogP contribution < -0.4 is 0 Å². The molecule has 0 aliphatic carbocycles. The van der Waals surface area contributed by atoms with E-state index in [9.17, 15) is 13.2 Å².